The molecule has 1 saturated carbocycles. The highest BCUT2D eigenvalue weighted by molar-refractivity contribution is 7.91. The summed E-state index contributed by atoms with van der Waals surface area (Å²) in [6.07, 6.45) is 5.89. The van der Waals surface area contributed by atoms with Crippen molar-refractivity contribution in [3.8, 4) is 0 Å². The first-order valence-electron chi connectivity index (χ1n) is 6.14. The van der Waals surface area contributed by atoms with Crippen molar-refractivity contribution in [1.29, 1.82) is 0 Å². The van der Waals surface area contributed by atoms with E-state index in [0.717, 1.165) is 12.8 Å². The van der Waals surface area contributed by atoms with Crippen LogP contribution in [0.2, 0.25) is 0 Å². The van der Waals surface area contributed by atoms with Gasteiger partial charge in [-0.25, -0.2) is 8.42 Å². The lowest BCUT2D eigenvalue weighted by molar-refractivity contribution is 0.386. The first kappa shape index (κ1) is 14.0. The van der Waals surface area contributed by atoms with Gasteiger partial charge in [0.2, 0.25) is 0 Å². The number of nitrogens with one attached hydrogen (secondary N) is 1. The predicted molar refractivity (Wildman–Crippen MR) is 68.3 cm³/mol. The van der Waals surface area contributed by atoms with Crippen LogP contribution in [0.5, 0.6) is 0 Å². The molecular weight excluding hydrogens is 222 g/mol. The van der Waals surface area contributed by atoms with E-state index in [2.05, 4.69) is 26.1 Å². The molecule has 1 fully saturated rings. The van der Waals surface area contributed by atoms with Crippen molar-refractivity contribution in [2.45, 2.75) is 57.2 Å². The van der Waals surface area contributed by atoms with Gasteiger partial charge in [-0.05, 0) is 39.5 Å². The fourth-order valence-electron chi connectivity index (χ4n) is 2.40. The topological polar surface area (TPSA) is 46.2 Å². The minimum Gasteiger partial charge on any atom is -0.311 e. The summed E-state index contributed by atoms with van der Waals surface area (Å²) >= 11 is 0. The Morgan fingerprint density at radius 2 is 1.75 bits per heavy atom. The van der Waals surface area contributed by atoms with Crippen molar-refractivity contribution in [3.05, 3.63) is 0 Å². The molecule has 0 heterocycles. The largest absolute Gasteiger partial charge is 0.311 e. The molecule has 0 amide bonds. The summed E-state index contributed by atoms with van der Waals surface area (Å²) in [4.78, 5) is 0. The Labute approximate surface area is 99.9 Å². The van der Waals surface area contributed by atoms with Crippen LogP contribution < -0.4 is 5.32 Å². The third-order valence-corrected chi connectivity index (χ3v) is 4.96. The minimum atomic E-state index is -2.93. The van der Waals surface area contributed by atoms with Crippen LogP contribution in [0.15, 0.2) is 0 Å². The molecule has 0 aromatic carbocycles. The number of hydrogen-bond acceptors (Lipinski definition) is 3. The Kier molecular flexibility index (Phi) is 4.41. The van der Waals surface area contributed by atoms with E-state index in [1.165, 1.54) is 19.1 Å². The van der Waals surface area contributed by atoms with E-state index in [4.69, 9.17) is 0 Å². The maximum Gasteiger partial charge on any atom is 0.151 e. The molecule has 96 valence electrons. The second-order valence-corrected chi connectivity index (χ2v) is 8.31. The first-order valence-corrected chi connectivity index (χ1v) is 8.09. The number of hydrogen-bond donors (Lipinski definition) is 1. The summed E-state index contributed by atoms with van der Waals surface area (Å²) in [6.45, 7) is 6.80. The molecule has 1 aliphatic carbocycles. The number of sulfone groups is 1. The zero-order valence-electron chi connectivity index (χ0n) is 10.9. The van der Waals surface area contributed by atoms with Gasteiger partial charge >= 0.3 is 0 Å². The Hall–Kier alpha value is -0.0900. The van der Waals surface area contributed by atoms with E-state index in [0.29, 0.717) is 12.5 Å². The van der Waals surface area contributed by atoms with Gasteiger partial charge < -0.3 is 5.32 Å². The molecule has 0 bridgehead atoms. The number of rotatable bonds is 4. The van der Waals surface area contributed by atoms with Crippen molar-refractivity contribution in [2.75, 3.05) is 12.8 Å². The normalized spacial score (nSPS) is 21.2. The monoisotopic (exact) mass is 247 g/mol. The van der Waals surface area contributed by atoms with Crippen molar-refractivity contribution < 1.29 is 8.42 Å². The first-order chi connectivity index (χ1) is 7.20. The van der Waals surface area contributed by atoms with Crippen LogP contribution >= 0.6 is 0 Å². The van der Waals surface area contributed by atoms with Crippen LogP contribution in [-0.2, 0) is 9.84 Å². The van der Waals surface area contributed by atoms with Crippen molar-refractivity contribution in [1.82, 2.24) is 5.32 Å². The molecule has 4 heteroatoms. The highest BCUT2D eigenvalue weighted by Crippen LogP contribution is 2.30. The lowest BCUT2D eigenvalue weighted by Crippen LogP contribution is -2.45. The van der Waals surface area contributed by atoms with E-state index in [1.807, 2.05) is 0 Å². The SMILES string of the molecule is CC(C)(C)NCC(C1CCCC1)S(C)(=O)=O. The van der Waals surface area contributed by atoms with Crippen molar-refractivity contribution in [3.63, 3.8) is 0 Å². The van der Waals surface area contributed by atoms with Gasteiger partial charge in [0, 0.05) is 18.3 Å². The van der Waals surface area contributed by atoms with Gasteiger partial charge in [-0.3, -0.25) is 0 Å². The molecule has 1 atom stereocenters. The van der Waals surface area contributed by atoms with Gasteiger partial charge in [-0.2, -0.15) is 0 Å². The maximum absolute atomic E-state index is 11.8. The smallest absolute Gasteiger partial charge is 0.151 e. The summed E-state index contributed by atoms with van der Waals surface area (Å²) in [5.41, 5.74) is -0.0124. The van der Waals surface area contributed by atoms with E-state index >= 15 is 0 Å². The van der Waals surface area contributed by atoms with Crippen LogP contribution in [0.25, 0.3) is 0 Å². The quantitative estimate of drug-likeness (QED) is 0.826. The Bertz CT molecular complexity index is 310. The van der Waals surface area contributed by atoms with Crippen molar-refractivity contribution in [2.24, 2.45) is 5.92 Å². The maximum atomic E-state index is 11.8. The van der Waals surface area contributed by atoms with Gasteiger partial charge in [0.1, 0.15) is 0 Å². The standard InChI is InChI=1S/C12H25NO2S/c1-12(2,3)13-9-11(16(4,14)15)10-7-5-6-8-10/h10-11,13H,5-9H2,1-4H3. The molecular formula is C12H25NO2S. The molecule has 0 aromatic rings. The molecule has 1 N–H and O–H groups in total. The summed E-state index contributed by atoms with van der Waals surface area (Å²) < 4.78 is 23.6. The van der Waals surface area contributed by atoms with E-state index in [-0.39, 0.29) is 10.8 Å². The van der Waals surface area contributed by atoms with Gasteiger partial charge in [-0.1, -0.05) is 12.8 Å². The highest BCUT2D eigenvalue weighted by Gasteiger charge is 2.32. The Morgan fingerprint density at radius 3 is 2.12 bits per heavy atom. The lowest BCUT2D eigenvalue weighted by atomic mass is 10.0. The second-order valence-electron chi connectivity index (χ2n) is 6.04. The summed E-state index contributed by atoms with van der Waals surface area (Å²) in [5, 5.41) is 3.13. The zero-order valence-corrected chi connectivity index (χ0v) is 11.7. The van der Waals surface area contributed by atoms with Gasteiger partial charge in [0.15, 0.2) is 9.84 Å². The Morgan fingerprint density at radius 1 is 1.25 bits per heavy atom. The van der Waals surface area contributed by atoms with Crippen molar-refractivity contribution >= 4 is 9.84 Å². The molecule has 0 aromatic heterocycles. The van der Waals surface area contributed by atoms with Crippen LogP contribution in [0.4, 0.5) is 0 Å². The lowest BCUT2D eigenvalue weighted by Gasteiger charge is -2.27. The van der Waals surface area contributed by atoms with Gasteiger partial charge in [0.05, 0.1) is 5.25 Å². The van der Waals surface area contributed by atoms with E-state index in [9.17, 15) is 8.42 Å². The molecule has 16 heavy (non-hydrogen) atoms. The van der Waals surface area contributed by atoms with Crippen LogP contribution in [0, 0.1) is 5.92 Å². The molecule has 1 rings (SSSR count). The summed E-state index contributed by atoms with van der Waals surface area (Å²) in [5.74, 6) is 0.366. The molecule has 0 radical (unpaired) electrons. The van der Waals surface area contributed by atoms with Crippen LogP contribution in [0.1, 0.15) is 46.5 Å². The predicted octanol–water partition coefficient (Wildman–Crippen LogP) is 1.98. The van der Waals surface area contributed by atoms with Crippen LogP contribution in [0.3, 0.4) is 0 Å². The zero-order chi connectivity index (χ0) is 12.4. The van der Waals surface area contributed by atoms with Gasteiger partial charge in [-0.15, -0.1) is 0 Å². The average Bonchev–Trinajstić information content (AvgIpc) is 2.52. The fraction of sp³-hybridized carbons (Fsp3) is 1.00. The fourth-order valence-corrected chi connectivity index (χ4v) is 3.76. The summed E-state index contributed by atoms with van der Waals surface area (Å²) in [7, 11) is -2.93. The summed E-state index contributed by atoms with van der Waals surface area (Å²) in [6, 6.07) is 0. The average molecular weight is 247 g/mol. The minimum absolute atomic E-state index is 0.0124. The molecule has 0 saturated heterocycles. The molecule has 0 aliphatic heterocycles. The third kappa shape index (κ3) is 4.42. The third-order valence-electron chi connectivity index (χ3n) is 3.31. The van der Waals surface area contributed by atoms with Gasteiger partial charge in [0.25, 0.3) is 0 Å². The molecule has 1 unspecified atom stereocenters. The van der Waals surface area contributed by atoms with E-state index in [1.54, 1.807) is 0 Å². The molecule has 1 aliphatic rings. The second kappa shape index (κ2) is 5.05. The highest BCUT2D eigenvalue weighted by atomic mass is 32.2. The van der Waals surface area contributed by atoms with E-state index < -0.39 is 9.84 Å². The molecule has 3 nitrogen and oxygen atoms in total. The van der Waals surface area contributed by atoms with Crippen LogP contribution in [-0.4, -0.2) is 32.0 Å². The molecule has 0 spiro atoms. The Balaban J connectivity index is 2.65.